The van der Waals surface area contributed by atoms with Crippen LogP contribution < -0.4 is 10.6 Å². The van der Waals surface area contributed by atoms with Gasteiger partial charge < -0.3 is 15.7 Å². The van der Waals surface area contributed by atoms with Gasteiger partial charge in [0.2, 0.25) is 0 Å². The van der Waals surface area contributed by atoms with Gasteiger partial charge in [-0.3, -0.25) is 9.59 Å². The Morgan fingerprint density at radius 3 is 2.12 bits per heavy atom. The summed E-state index contributed by atoms with van der Waals surface area (Å²) in [6, 6.07) is 14.3. The number of anilines is 1. The summed E-state index contributed by atoms with van der Waals surface area (Å²) in [5, 5.41) is 14.4. The molecular weight excluding hydrogens is 316 g/mol. The minimum atomic E-state index is -0.674. The number of phenols is 1. The Morgan fingerprint density at radius 2 is 1.48 bits per heavy atom. The predicted molar refractivity (Wildman–Crippen MR) is 98.5 cm³/mol. The van der Waals surface area contributed by atoms with Crippen LogP contribution in [-0.4, -0.2) is 23.5 Å². The highest BCUT2D eigenvalue weighted by molar-refractivity contribution is 6.39. The SMILES string of the molecule is CCCCc1ccc(NC(=O)C(=O)NCCc2ccc(O)cc2)cc1. The van der Waals surface area contributed by atoms with Crippen molar-refractivity contribution < 1.29 is 14.7 Å². The minimum absolute atomic E-state index is 0.202. The summed E-state index contributed by atoms with van der Waals surface area (Å²) in [5.74, 6) is -1.13. The normalized spacial score (nSPS) is 10.3. The topological polar surface area (TPSA) is 78.4 Å². The van der Waals surface area contributed by atoms with Crippen LogP contribution in [0.1, 0.15) is 30.9 Å². The highest BCUT2D eigenvalue weighted by Crippen LogP contribution is 2.12. The number of amides is 2. The Morgan fingerprint density at radius 1 is 0.880 bits per heavy atom. The van der Waals surface area contributed by atoms with Crippen LogP contribution in [-0.2, 0) is 22.4 Å². The number of hydrogen-bond acceptors (Lipinski definition) is 3. The van der Waals surface area contributed by atoms with Gasteiger partial charge >= 0.3 is 11.8 Å². The standard InChI is InChI=1S/C20H24N2O3/c1-2-3-4-15-5-9-17(10-6-15)22-20(25)19(24)21-14-13-16-7-11-18(23)12-8-16/h5-12,23H,2-4,13-14H2,1H3,(H,21,24)(H,22,25). The van der Waals surface area contributed by atoms with E-state index in [-0.39, 0.29) is 5.75 Å². The molecule has 0 aliphatic carbocycles. The summed E-state index contributed by atoms with van der Waals surface area (Å²) in [5.41, 5.74) is 2.80. The van der Waals surface area contributed by atoms with E-state index in [9.17, 15) is 14.7 Å². The van der Waals surface area contributed by atoms with Gasteiger partial charge in [0.15, 0.2) is 0 Å². The highest BCUT2D eigenvalue weighted by atomic mass is 16.3. The van der Waals surface area contributed by atoms with E-state index in [1.54, 1.807) is 24.3 Å². The van der Waals surface area contributed by atoms with Gasteiger partial charge in [0.1, 0.15) is 5.75 Å². The molecule has 2 aromatic rings. The molecule has 0 aliphatic heterocycles. The van der Waals surface area contributed by atoms with Crippen LogP contribution in [0, 0.1) is 0 Å². The molecule has 2 amide bonds. The number of benzene rings is 2. The first-order chi connectivity index (χ1) is 12.1. The molecule has 5 heteroatoms. The maximum Gasteiger partial charge on any atom is 0.313 e. The molecule has 0 aliphatic rings. The third-order valence-electron chi connectivity index (χ3n) is 3.87. The minimum Gasteiger partial charge on any atom is -0.508 e. The monoisotopic (exact) mass is 340 g/mol. The molecule has 0 bridgehead atoms. The Hall–Kier alpha value is -2.82. The fraction of sp³-hybridized carbons (Fsp3) is 0.300. The summed E-state index contributed by atoms with van der Waals surface area (Å²) in [6.45, 7) is 2.50. The number of nitrogens with one attached hydrogen (secondary N) is 2. The number of unbranched alkanes of at least 4 members (excludes halogenated alkanes) is 1. The smallest absolute Gasteiger partial charge is 0.313 e. The van der Waals surface area contributed by atoms with Crippen LogP contribution in [0.3, 0.4) is 0 Å². The molecule has 0 saturated carbocycles. The van der Waals surface area contributed by atoms with Gasteiger partial charge in [0.05, 0.1) is 0 Å². The second-order valence-corrected chi connectivity index (χ2v) is 5.93. The number of carbonyl (C=O) groups is 2. The van der Waals surface area contributed by atoms with Gasteiger partial charge in [0, 0.05) is 12.2 Å². The number of phenolic OH excluding ortho intramolecular Hbond substituents is 1. The van der Waals surface area contributed by atoms with E-state index in [0.717, 1.165) is 24.8 Å². The van der Waals surface area contributed by atoms with Crippen molar-refractivity contribution >= 4 is 17.5 Å². The first-order valence-corrected chi connectivity index (χ1v) is 8.54. The average Bonchev–Trinajstić information content (AvgIpc) is 2.62. The molecule has 0 heterocycles. The summed E-state index contributed by atoms with van der Waals surface area (Å²) in [4.78, 5) is 23.7. The van der Waals surface area contributed by atoms with Gasteiger partial charge in [0.25, 0.3) is 0 Å². The third-order valence-corrected chi connectivity index (χ3v) is 3.87. The summed E-state index contributed by atoms with van der Waals surface area (Å²) in [6.07, 6.45) is 3.88. The van der Waals surface area contributed by atoms with E-state index in [1.165, 1.54) is 5.56 Å². The number of carbonyl (C=O) groups excluding carboxylic acids is 2. The largest absolute Gasteiger partial charge is 0.508 e. The van der Waals surface area contributed by atoms with Crippen molar-refractivity contribution in [3.8, 4) is 5.75 Å². The van der Waals surface area contributed by atoms with Crippen molar-refractivity contribution in [2.45, 2.75) is 32.6 Å². The fourth-order valence-electron chi connectivity index (χ4n) is 2.39. The number of rotatable bonds is 7. The maximum atomic E-state index is 11.9. The van der Waals surface area contributed by atoms with Crippen molar-refractivity contribution in [3.63, 3.8) is 0 Å². The zero-order valence-electron chi connectivity index (χ0n) is 14.4. The summed E-state index contributed by atoms with van der Waals surface area (Å²) < 4.78 is 0. The Labute approximate surface area is 148 Å². The number of hydrogen-bond donors (Lipinski definition) is 3. The van der Waals surface area contributed by atoms with E-state index in [0.29, 0.717) is 18.7 Å². The maximum absolute atomic E-state index is 11.9. The van der Waals surface area contributed by atoms with Crippen molar-refractivity contribution in [1.29, 1.82) is 0 Å². The van der Waals surface area contributed by atoms with Crippen molar-refractivity contribution in [2.24, 2.45) is 0 Å². The van der Waals surface area contributed by atoms with Crippen LogP contribution in [0.25, 0.3) is 0 Å². The lowest BCUT2D eigenvalue weighted by Crippen LogP contribution is -2.36. The van der Waals surface area contributed by atoms with Crippen LogP contribution >= 0.6 is 0 Å². The first-order valence-electron chi connectivity index (χ1n) is 8.54. The quantitative estimate of drug-likeness (QED) is 0.678. The molecule has 0 atom stereocenters. The first kappa shape index (κ1) is 18.5. The predicted octanol–water partition coefficient (Wildman–Crippen LogP) is 3.03. The molecule has 2 rings (SSSR count). The zero-order chi connectivity index (χ0) is 18.1. The molecule has 25 heavy (non-hydrogen) atoms. The molecule has 0 saturated heterocycles. The number of aryl methyl sites for hydroxylation is 1. The molecule has 132 valence electrons. The lowest BCUT2D eigenvalue weighted by Gasteiger charge is -2.08. The molecule has 0 radical (unpaired) electrons. The molecule has 5 nitrogen and oxygen atoms in total. The Bertz CT molecular complexity index is 694. The van der Waals surface area contributed by atoms with Gasteiger partial charge in [-0.1, -0.05) is 37.6 Å². The lowest BCUT2D eigenvalue weighted by atomic mass is 10.1. The third kappa shape index (κ3) is 6.30. The molecule has 3 N–H and O–H groups in total. The number of aromatic hydroxyl groups is 1. The fourth-order valence-corrected chi connectivity index (χ4v) is 2.39. The van der Waals surface area contributed by atoms with Crippen LogP contribution in [0.4, 0.5) is 5.69 Å². The van der Waals surface area contributed by atoms with E-state index in [4.69, 9.17) is 0 Å². The van der Waals surface area contributed by atoms with E-state index in [2.05, 4.69) is 17.6 Å². The van der Waals surface area contributed by atoms with Crippen molar-refractivity contribution in [1.82, 2.24) is 5.32 Å². The van der Waals surface area contributed by atoms with Gasteiger partial charge in [-0.25, -0.2) is 0 Å². The molecule has 0 unspecified atom stereocenters. The van der Waals surface area contributed by atoms with E-state index in [1.807, 2.05) is 24.3 Å². The molecule has 0 fully saturated rings. The highest BCUT2D eigenvalue weighted by Gasteiger charge is 2.13. The molecule has 0 aromatic heterocycles. The summed E-state index contributed by atoms with van der Waals surface area (Å²) in [7, 11) is 0. The van der Waals surface area contributed by atoms with Gasteiger partial charge in [-0.2, -0.15) is 0 Å². The lowest BCUT2D eigenvalue weighted by molar-refractivity contribution is -0.136. The van der Waals surface area contributed by atoms with Gasteiger partial charge in [-0.15, -0.1) is 0 Å². The van der Waals surface area contributed by atoms with Crippen molar-refractivity contribution in [2.75, 3.05) is 11.9 Å². The van der Waals surface area contributed by atoms with Crippen LogP contribution in [0.15, 0.2) is 48.5 Å². The van der Waals surface area contributed by atoms with Crippen molar-refractivity contribution in [3.05, 3.63) is 59.7 Å². The van der Waals surface area contributed by atoms with E-state index >= 15 is 0 Å². The zero-order valence-corrected chi connectivity index (χ0v) is 14.4. The van der Waals surface area contributed by atoms with E-state index < -0.39 is 11.8 Å². The van der Waals surface area contributed by atoms with Crippen LogP contribution in [0.5, 0.6) is 5.75 Å². The Balaban J connectivity index is 1.75. The second-order valence-electron chi connectivity index (χ2n) is 5.93. The van der Waals surface area contributed by atoms with Crippen LogP contribution in [0.2, 0.25) is 0 Å². The molecule has 0 spiro atoms. The van der Waals surface area contributed by atoms with Gasteiger partial charge in [-0.05, 0) is 54.7 Å². The Kier molecular flexibility index (Phi) is 7.01. The summed E-state index contributed by atoms with van der Waals surface area (Å²) >= 11 is 0. The molecule has 2 aromatic carbocycles. The molecular formula is C20H24N2O3. The average molecular weight is 340 g/mol. The second kappa shape index (κ2) is 9.47.